The maximum atomic E-state index is 12.2. The molecule has 1 fully saturated rings. The summed E-state index contributed by atoms with van der Waals surface area (Å²) in [6.45, 7) is 4.13. The monoisotopic (exact) mass is 331 g/mol. The van der Waals surface area contributed by atoms with Crippen molar-refractivity contribution in [1.29, 1.82) is 0 Å². The Kier molecular flexibility index (Phi) is 4.73. The van der Waals surface area contributed by atoms with Crippen LogP contribution in [0, 0.1) is 0 Å². The van der Waals surface area contributed by atoms with Crippen LogP contribution in [0.25, 0.3) is 6.08 Å². The van der Waals surface area contributed by atoms with Gasteiger partial charge in [0.1, 0.15) is 0 Å². The molecule has 0 saturated carbocycles. The second kappa shape index (κ2) is 6.76. The Morgan fingerprint density at radius 3 is 2.48 bits per heavy atom. The summed E-state index contributed by atoms with van der Waals surface area (Å²) >= 11 is 1.50. The SMILES string of the molecule is CN(C)c1ccc(C=C2SC(N3CC[NH+](C)CC3)=NC2=O)cc1. The standard InChI is InChI=1S/C17H22N4OS/c1-19(2)14-6-4-13(5-7-14)12-15-16(22)18-17(23-15)21-10-8-20(3)9-11-21/h4-7,12H,8-11H2,1-3H3/p+1. The molecule has 1 N–H and O–H groups in total. The lowest BCUT2D eigenvalue weighted by Gasteiger charge is -2.30. The lowest BCUT2D eigenvalue weighted by Crippen LogP contribution is -3.12. The minimum absolute atomic E-state index is 0.118. The van der Waals surface area contributed by atoms with E-state index in [-0.39, 0.29) is 5.91 Å². The second-order valence-corrected chi connectivity index (χ2v) is 7.25. The first-order chi connectivity index (χ1) is 11.0. The van der Waals surface area contributed by atoms with Crippen LogP contribution in [0.2, 0.25) is 0 Å². The van der Waals surface area contributed by atoms with Gasteiger partial charge in [-0.15, -0.1) is 0 Å². The van der Waals surface area contributed by atoms with E-state index in [2.05, 4.69) is 34.0 Å². The van der Waals surface area contributed by atoms with Gasteiger partial charge in [-0.05, 0) is 35.5 Å². The Morgan fingerprint density at radius 1 is 1.22 bits per heavy atom. The van der Waals surface area contributed by atoms with E-state index in [0.717, 1.165) is 42.6 Å². The number of rotatable bonds is 2. The van der Waals surface area contributed by atoms with Gasteiger partial charge >= 0.3 is 0 Å². The molecular formula is C17H23N4OS+. The number of aliphatic imine (C=N–C) groups is 1. The molecule has 23 heavy (non-hydrogen) atoms. The van der Waals surface area contributed by atoms with Crippen LogP contribution in [0.1, 0.15) is 5.56 Å². The summed E-state index contributed by atoms with van der Waals surface area (Å²) in [4.78, 5) is 22.9. The Bertz CT molecular complexity index is 643. The van der Waals surface area contributed by atoms with Crippen LogP contribution < -0.4 is 9.80 Å². The third-order valence-electron chi connectivity index (χ3n) is 4.20. The lowest BCUT2D eigenvalue weighted by atomic mass is 10.2. The molecule has 2 aliphatic rings. The summed E-state index contributed by atoms with van der Waals surface area (Å²) in [5, 5.41) is 0.860. The van der Waals surface area contributed by atoms with Crippen molar-refractivity contribution < 1.29 is 9.69 Å². The smallest absolute Gasteiger partial charge is 0.286 e. The number of benzene rings is 1. The number of hydrogen-bond donors (Lipinski definition) is 1. The van der Waals surface area contributed by atoms with E-state index in [1.807, 2.05) is 32.3 Å². The van der Waals surface area contributed by atoms with Gasteiger partial charge in [0.15, 0.2) is 5.17 Å². The number of piperazine rings is 1. The minimum atomic E-state index is -0.118. The average molecular weight is 331 g/mol. The van der Waals surface area contributed by atoms with E-state index >= 15 is 0 Å². The number of amidine groups is 1. The quantitative estimate of drug-likeness (QED) is 0.804. The topological polar surface area (TPSA) is 40.4 Å². The van der Waals surface area contributed by atoms with Crippen molar-refractivity contribution in [2.75, 3.05) is 52.2 Å². The van der Waals surface area contributed by atoms with E-state index in [9.17, 15) is 4.79 Å². The fourth-order valence-corrected chi connectivity index (χ4v) is 3.60. The number of amides is 1. The van der Waals surface area contributed by atoms with Crippen molar-refractivity contribution in [2.24, 2.45) is 4.99 Å². The maximum Gasteiger partial charge on any atom is 0.286 e. The Morgan fingerprint density at radius 2 is 1.87 bits per heavy atom. The first kappa shape index (κ1) is 16.1. The zero-order chi connectivity index (χ0) is 16.4. The van der Waals surface area contributed by atoms with Gasteiger partial charge in [0.25, 0.3) is 5.91 Å². The van der Waals surface area contributed by atoms with Crippen molar-refractivity contribution in [1.82, 2.24) is 4.90 Å². The molecule has 0 atom stereocenters. The summed E-state index contributed by atoms with van der Waals surface area (Å²) in [6.07, 6.45) is 1.93. The third-order valence-corrected chi connectivity index (χ3v) is 5.25. The van der Waals surface area contributed by atoms with Gasteiger partial charge < -0.3 is 14.7 Å². The van der Waals surface area contributed by atoms with Crippen molar-refractivity contribution in [3.63, 3.8) is 0 Å². The molecule has 3 rings (SSSR count). The fraction of sp³-hybridized carbons (Fsp3) is 0.412. The molecule has 6 heteroatoms. The molecule has 1 aromatic rings. The van der Waals surface area contributed by atoms with Crippen LogP contribution in [0.4, 0.5) is 5.69 Å². The van der Waals surface area contributed by atoms with E-state index < -0.39 is 0 Å². The van der Waals surface area contributed by atoms with E-state index in [0.29, 0.717) is 4.91 Å². The van der Waals surface area contributed by atoms with Crippen LogP contribution in [0.15, 0.2) is 34.2 Å². The normalized spacial score (nSPS) is 21.0. The van der Waals surface area contributed by atoms with Gasteiger partial charge in [-0.3, -0.25) is 4.79 Å². The Balaban J connectivity index is 1.69. The highest BCUT2D eigenvalue weighted by Crippen LogP contribution is 2.30. The van der Waals surface area contributed by atoms with E-state index in [1.165, 1.54) is 16.7 Å². The minimum Gasteiger partial charge on any atom is -0.378 e. The van der Waals surface area contributed by atoms with E-state index in [4.69, 9.17) is 0 Å². The van der Waals surface area contributed by atoms with Crippen molar-refractivity contribution in [3.05, 3.63) is 34.7 Å². The highest BCUT2D eigenvalue weighted by Gasteiger charge is 2.28. The molecule has 0 bridgehead atoms. The predicted molar refractivity (Wildman–Crippen MR) is 97.0 cm³/mol. The van der Waals surface area contributed by atoms with Crippen LogP contribution >= 0.6 is 11.8 Å². The van der Waals surface area contributed by atoms with Gasteiger partial charge in [-0.2, -0.15) is 4.99 Å². The highest BCUT2D eigenvalue weighted by molar-refractivity contribution is 8.18. The third kappa shape index (κ3) is 3.76. The van der Waals surface area contributed by atoms with Crippen LogP contribution in [0.3, 0.4) is 0 Å². The Hall–Kier alpha value is -1.79. The van der Waals surface area contributed by atoms with Gasteiger partial charge in [0.2, 0.25) is 0 Å². The zero-order valence-corrected chi connectivity index (χ0v) is 14.7. The summed E-state index contributed by atoms with van der Waals surface area (Å²) in [6, 6.07) is 8.18. The summed E-state index contributed by atoms with van der Waals surface area (Å²) in [5.41, 5.74) is 2.18. The molecule has 0 unspecified atom stereocenters. The second-order valence-electron chi connectivity index (χ2n) is 6.24. The van der Waals surface area contributed by atoms with Crippen LogP contribution in [-0.2, 0) is 4.79 Å². The average Bonchev–Trinajstić information content (AvgIpc) is 2.89. The molecule has 122 valence electrons. The number of nitrogens with one attached hydrogen (secondary N) is 1. The van der Waals surface area contributed by atoms with Gasteiger partial charge in [0.05, 0.1) is 38.1 Å². The summed E-state index contributed by atoms with van der Waals surface area (Å²) in [7, 11) is 6.23. The number of anilines is 1. The fourth-order valence-electron chi connectivity index (χ4n) is 2.63. The largest absolute Gasteiger partial charge is 0.378 e. The van der Waals surface area contributed by atoms with Crippen molar-refractivity contribution >= 4 is 34.6 Å². The van der Waals surface area contributed by atoms with Crippen LogP contribution in [0.5, 0.6) is 0 Å². The number of quaternary nitrogens is 1. The lowest BCUT2D eigenvalue weighted by molar-refractivity contribution is -0.883. The molecule has 0 aromatic heterocycles. The molecule has 2 aliphatic heterocycles. The zero-order valence-electron chi connectivity index (χ0n) is 13.9. The summed E-state index contributed by atoms with van der Waals surface area (Å²) in [5.74, 6) is -0.118. The first-order valence-electron chi connectivity index (χ1n) is 7.89. The predicted octanol–water partition coefficient (Wildman–Crippen LogP) is 0.553. The maximum absolute atomic E-state index is 12.2. The molecule has 0 spiro atoms. The van der Waals surface area contributed by atoms with Gasteiger partial charge in [-0.1, -0.05) is 12.1 Å². The summed E-state index contributed by atoms with van der Waals surface area (Å²) < 4.78 is 0. The van der Waals surface area contributed by atoms with Crippen molar-refractivity contribution in [3.8, 4) is 0 Å². The molecule has 2 heterocycles. The number of thioether (sulfide) groups is 1. The van der Waals surface area contributed by atoms with Crippen molar-refractivity contribution in [2.45, 2.75) is 0 Å². The molecular weight excluding hydrogens is 308 g/mol. The van der Waals surface area contributed by atoms with E-state index in [1.54, 1.807) is 0 Å². The van der Waals surface area contributed by atoms with Gasteiger partial charge in [-0.25, -0.2) is 0 Å². The molecule has 0 radical (unpaired) electrons. The molecule has 1 amide bonds. The first-order valence-corrected chi connectivity index (χ1v) is 8.71. The molecule has 1 saturated heterocycles. The highest BCUT2D eigenvalue weighted by atomic mass is 32.2. The number of hydrogen-bond acceptors (Lipinski definition) is 4. The molecule has 1 aromatic carbocycles. The molecule has 5 nitrogen and oxygen atoms in total. The number of carbonyl (C=O) groups is 1. The van der Waals surface area contributed by atoms with Crippen LogP contribution in [-0.4, -0.2) is 63.3 Å². The number of likely N-dealkylation sites (N-methyl/N-ethyl adjacent to an activating group) is 1. The Labute approximate surface area is 141 Å². The number of carbonyl (C=O) groups excluding carboxylic acids is 1. The van der Waals surface area contributed by atoms with Gasteiger partial charge in [0, 0.05) is 19.8 Å². The number of nitrogens with zero attached hydrogens (tertiary/aromatic N) is 3. The molecule has 0 aliphatic carbocycles.